The maximum absolute atomic E-state index is 12.8. The monoisotopic (exact) mass is 470 g/mol. The number of carbonyl (C=O) groups excluding carboxylic acids is 2. The van der Waals surface area contributed by atoms with Gasteiger partial charge in [-0.25, -0.2) is 0 Å². The van der Waals surface area contributed by atoms with Crippen molar-refractivity contribution in [3.8, 4) is 0 Å². The van der Waals surface area contributed by atoms with Crippen molar-refractivity contribution in [2.24, 2.45) is 0 Å². The lowest BCUT2D eigenvalue weighted by atomic mass is 9.89. The third-order valence-electron chi connectivity index (χ3n) is 5.57. The number of hydrogen-bond donors (Lipinski definition) is 1. The second kappa shape index (κ2) is 12.1. The van der Waals surface area contributed by atoms with Crippen LogP contribution in [0, 0.1) is 17.0 Å². The number of amides is 2. The van der Waals surface area contributed by atoms with E-state index < -0.39 is 4.92 Å². The molecule has 1 aliphatic rings. The number of carbonyl (C=O) groups is 2. The predicted octanol–water partition coefficient (Wildman–Crippen LogP) is 3.47. The number of hydrogen-bond acceptors (Lipinski definition) is 7. The highest BCUT2D eigenvalue weighted by Crippen LogP contribution is 2.29. The van der Waals surface area contributed by atoms with Crippen molar-refractivity contribution in [1.82, 2.24) is 15.2 Å². The highest BCUT2D eigenvalue weighted by atomic mass is 16.6. The number of nitrogens with zero attached hydrogens (tertiary/aromatic N) is 3. The molecule has 1 fully saturated rings. The first kappa shape index (κ1) is 25.1. The molecule has 0 radical (unpaired) electrons. The highest BCUT2D eigenvalue weighted by Gasteiger charge is 2.27. The van der Waals surface area contributed by atoms with E-state index in [9.17, 15) is 19.7 Å². The van der Waals surface area contributed by atoms with Gasteiger partial charge in [0.15, 0.2) is 0 Å². The number of aryl methyl sites for hydroxylation is 1. The largest absolute Gasteiger partial charge is 0.433 e. The number of piperidine rings is 1. The lowest BCUT2D eigenvalue weighted by Crippen LogP contribution is -2.37. The number of ether oxygens (including phenoxy) is 1. The fraction of sp³-hybridized carbons (Fsp3) is 0.458. The molecule has 3 rings (SSSR count). The maximum Gasteiger partial charge on any atom is 0.433 e. The van der Waals surface area contributed by atoms with Crippen LogP contribution in [0.5, 0.6) is 0 Å². The van der Waals surface area contributed by atoms with Gasteiger partial charge < -0.3 is 19.4 Å². The molecule has 0 aliphatic carbocycles. The zero-order valence-electron chi connectivity index (χ0n) is 19.5. The number of likely N-dealkylation sites (tertiary alicyclic amines) is 1. The van der Waals surface area contributed by atoms with Gasteiger partial charge in [0.1, 0.15) is 10.7 Å². The molecule has 1 N–H and O–H groups in total. The standard InChI is InChI=1S/C24H30N4O6/c1-3-15-33-16-12-25-24(30)20-7-4-17(2)26-23(20)18-10-13-27(14-11-18)21(29)8-5-19-6-9-22(34-19)28(31)32/h4-9,18H,3,10-16H2,1-2H3,(H,25,30). The number of furan rings is 1. The summed E-state index contributed by atoms with van der Waals surface area (Å²) in [4.78, 5) is 41.8. The first-order valence-corrected chi connectivity index (χ1v) is 11.4. The van der Waals surface area contributed by atoms with Crippen molar-refractivity contribution in [2.45, 2.75) is 39.0 Å². The van der Waals surface area contributed by atoms with Crippen molar-refractivity contribution in [3.05, 3.63) is 63.2 Å². The summed E-state index contributed by atoms with van der Waals surface area (Å²) < 4.78 is 10.5. The Kier molecular flexibility index (Phi) is 8.92. The molecule has 0 unspecified atom stereocenters. The predicted molar refractivity (Wildman–Crippen MR) is 125 cm³/mol. The fourth-order valence-electron chi connectivity index (χ4n) is 3.82. The summed E-state index contributed by atoms with van der Waals surface area (Å²) >= 11 is 0. The lowest BCUT2D eigenvalue weighted by molar-refractivity contribution is -0.402. The van der Waals surface area contributed by atoms with E-state index >= 15 is 0 Å². The summed E-state index contributed by atoms with van der Waals surface area (Å²) in [7, 11) is 0. The Labute approximate surface area is 198 Å². The van der Waals surface area contributed by atoms with Crippen molar-refractivity contribution < 1.29 is 23.7 Å². The summed E-state index contributed by atoms with van der Waals surface area (Å²) in [6.07, 6.45) is 5.08. The van der Waals surface area contributed by atoms with E-state index in [-0.39, 0.29) is 29.4 Å². The quantitative estimate of drug-likeness (QED) is 0.244. The van der Waals surface area contributed by atoms with Crippen molar-refractivity contribution >= 4 is 23.8 Å². The molecule has 0 bridgehead atoms. The van der Waals surface area contributed by atoms with Gasteiger partial charge in [-0.2, -0.15) is 0 Å². The molecule has 0 saturated carbocycles. The van der Waals surface area contributed by atoms with Gasteiger partial charge in [0, 0.05) is 43.9 Å². The third-order valence-corrected chi connectivity index (χ3v) is 5.57. The van der Waals surface area contributed by atoms with Gasteiger partial charge in [0.2, 0.25) is 5.91 Å². The third kappa shape index (κ3) is 6.74. The molecule has 0 aromatic carbocycles. The molecule has 1 aliphatic heterocycles. The average molecular weight is 471 g/mol. The second-order valence-corrected chi connectivity index (χ2v) is 8.12. The molecule has 2 aromatic rings. The van der Waals surface area contributed by atoms with Crippen LogP contribution in [0.15, 0.2) is 34.8 Å². The van der Waals surface area contributed by atoms with E-state index in [0.717, 1.165) is 17.8 Å². The van der Waals surface area contributed by atoms with Gasteiger partial charge in [0.25, 0.3) is 5.91 Å². The average Bonchev–Trinajstić information content (AvgIpc) is 3.32. The van der Waals surface area contributed by atoms with E-state index in [2.05, 4.69) is 10.3 Å². The molecular formula is C24H30N4O6. The molecule has 182 valence electrons. The molecule has 0 atom stereocenters. The molecule has 3 heterocycles. The number of pyridine rings is 1. The minimum Gasteiger partial charge on any atom is -0.401 e. The maximum atomic E-state index is 12.8. The summed E-state index contributed by atoms with van der Waals surface area (Å²) in [5, 5.41) is 13.6. The molecule has 2 aromatic heterocycles. The highest BCUT2D eigenvalue weighted by molar-refractivity contribution is 5.95. The molecule has 0 spiro atoms. The Morgan fingerprint density at radius 1 is 1.26 bits per heavy atom. The van der Waals surface area contributed by atoms with Crippen molar-refractivity contribution in [1.29, 1.82) is 0 Å². The zero-order chi connectivity index (χ0) is 24.5. The van der Waals surface area contributed by atoms with Crippen LogP contribution in [-0.4, -0.2) is 59.5 Å². The Hall–Kier alpha value is -3.53. The topological polar surface area (TPSA) is 128 Å². The van der Waals surface area contributed by atoms with Crippen LogP contribution < -0.4 is 5.32 Å². The van der Waals surface area contributed by atoms with Crippen molar-refractivity contribution in [2.75, 3.05) is 32.8 Å². The molecule has 34 heavy (non-hydrogen) atoms. The van der Waals surface area contributed by atoms with Gasteiger partial charge in [-0.05, 0) is 50.5 Å². The van der Waals surface area contributed by atoms with E-state index in [1.165, 1.54) is 24.3 Å². The van der Waals surface area contributed by atoms with Gasteiger partial charge >= 0.3 is 5.88 Å². The molecule has 2 amide bonds. The Morgan fingerprint density at radius 2 is 2.03 bits per heavy atom. The van der Waals surface area contributed by atoms with Crippen LogP contribution in [0.25, 0.3) is 6.08 Å². The first-order chi connectivity index (χ1) is 16.4. The van der Waals surface area contributed by atoms with Gasteiger partial charge in [-0.1, -0.05) is 6.92 Å². The first-order valence-electron chi connectivity index (χ1n) is 11.4. The summed E-state index contributed by atoms with van der Waals surface area (Å²) in [6, 6.07) is 6.33. The summed E-state index contributed by atoms with van der Waals surface area (Å²) in [5.41, 5.74) is 2.16. The van der Waals surface area contributed by atoms with Crippen LogP contribution >= 0.6 is 0 Å². The van der Waals surface area contributed by atoms with Crippen molar-refractivity contribution in [3.63, 3.8) is 0 Å². The van der Waals surface area contributed by atoms with E-state index in [1.54, 1.807) is 4.90 Å². The fourth-order valence-corrected chi connectivity index (χ4v) is 3.82. The van der Waals surface area contributed by atoms with Gasteiger partial charge in [-0.3, -0.25) is 24.7 Å². The van der Waals surface area contributed by atoms with Gasteiger partial charge in [-0.15, -0.1) is 0 Å². The van der Waals surface area contributed by atoms with Gasteiger partial charge in [0.05, 0.1) is 23.9 Å². The SMILES string of the molecule is CCCOCCNC(=O)c1ccc(C)nc1C1CCN(C(=O)C=Cc2ccc([N+](=O)[O-])o2)CC1. The summed E-state index contributed by atoms with van der Waals surface area (Å²) in [5.74, 6) is -0.421. The summed E-state index contributed by atoms with van der Waals surface area (Å²) in [6.45, 7) is 6.54. The lowest BCUT2D eigenvalue weighted by Gasteiger charge is -2.31. The van der Waals surface area contributed by atoms with Crippen LogP contribution in [0.3, 0.4) is 0 Å². The van der Waals surface area contributed by atoms with E-state index in [0.29, 0.717) is 51.3 Å². The van der Waals surface area contributed by atoms with E-state index in [1.807, 2.05) is 26.0 Å². The van der Waals surface area contributed by atoms with Crippen LogP contribution in [0.2, 0.25) is 0 Å². The van der Waals surface area contributed by atoms with Crippen LogP contribution in [0.1, 0.15) is 59.6 Å². The normalized spacial score (nSPS) is 14.5. The smallest absolute Gasteiger partial charge is 0.401 e. The van der Waals surface area contributed by atoms with Crippen LogP contribution in [-0.2, 0) is 9.53 Å². The van der Waals surface area contributed by atoms with Crippen LogP contribution in [0.4, 0.5) is 5.88 Å². The number of nitro groups is 1. The number of nitrogens with one attached hydrogen (secondary N) is 1. The number of rotatable bonds is 10. The Morgan fingerprint density at radius 3 is 2.71 bits per heavy atom. The second-order valence-electron chi connectivity index (χ2n) is 8.12. The Bertz CT molecular complexity index is 1040. The minimum absolute atomic E-state index is 0.0674. The van der Waals surface area contributed by atoms with E-state index in [4.69, 9.17) is 9.15 Å². The molecular weight excluding hydrogens is 440 g/mol. The Balaban J connectivity index is 1.58. The minimum atomic E-state index is -0.627. The number of aromatic nitrogens is 1. The molecule has 10 nitrogen and oxygen atoms in total. The molecule has 10 heteroatoms. The zero-order valence-corrected chi connectivity index (χ0v) is 19.5. The molecule has 1 saturated heterocycles.